The van der Waals surface area contributed by atoms with E-state index in [1.807, 2.05) is 61.5 Å². The minimum Gasteiger partial charge on any atom is -0.478 e. The van der Waals surface area contributed by atoms with E-state index >= 15 is 0 Å². The van der Waals surface area contributed by atoms with Crippen molar-refractivity contribution in [2.24, 2.45) is 0 Å². The molecule has 0 bridgehead atoms. The molecule has 3 aromatic carbocycles. The van der Waals surface area contributed by atoms with E-state index < -0.39 is 5.97 Å². The second-order valence-electron chi connectivity index (χ2n) is 8.50. The number of carbonyl (C=O) groups is 1. The summed E-state index contributed by atoms with van der Waals surface area (Å²) in [5.74, 6) is 1.57. The maximum atomic E-state index is 11.5. The predicted octanol–water partition coefficient (Wildman–Crippen LogP) is 7.01. The van der Waals surface area contributed by atoms with Gasteiger partial charge in [0.1, 0.15) is 17.3 Å². The fraction of sp³-hybridized carbons (Fsp3) is 0.259. The molecule has 1 N–H and O–H groups in total. The standard InChI is InChI=1S/C27H26N2O3/c1-18-7-5-6-10-25(18)32-22-14-11-19(12-15-22)26-28-23-17-20(27(30)31)13-16-24(23)29(26)21-8-3-2-4-9-21/h5-7,10-17,21H,2-4,8-9H2,1H3,(H,30,31). The molecule has 0 atom stereocenters. The van der Waals surface area contributed by atoms with Crippen molar-refractivity contribution >= 4 is 17.0 Å². The number of para-hydroxylation sites is 1. The number of aryl methyl sites for hydroxylation is 1. The Balaban J connectivity index is 1.54. The van der Waals surface area contributed by atoms with Crippen molar-refractivity contribution in [1.82, 2.24) is 9.55 Å². The fourth-order valence-electron chi connectivity index (χ4n) is 4.61. The smallest absolute Gasteiger partial charge is 0.335 e. The highest BCUT2D eigenvalue weighted by Crippen LogP contribution is 2.37. The first-order valence-corrected chi connectivity index (χ1v) is 11.2. The monoisotopic (exact) mass is 426 g/mol. The summed E-state index contributed by atoms with van der Waals surface area (Å²) in [7, 11) is 0. The summed E-state index contributed by atoms with van der Waals surface area (Å²) in [6.45, 7) is 2.03. The summed E-state index contributed by atoms with van der Waals surface area (Å²) < 4.78 is 8.37. The lowest BCUT2D eigenvalue weighted by Gasteiger charge is -2.25. The van der Waals surface area contributed by atoms with Crippen molar-refractivity contribution in [3.8, 4) is 22.9 Å². The van der Waals surface area contributed by atoms with Gasteiger partial charge in [-0.15, -0.1) is 0 Å². The highest BCUT2D eigenvalue weighted by atomic mass is 16.5. The van der Waals surface area contributed by atoms with Gasteiger partial charge in [0, 0.05) is 11.6 Å². The zero-order chi connectivity index (χ0) is 22.1. The molecule has 1 saturated carbocycles. The second kappa shape index (κ2) is 8.50. The van der Waals surface area contributed by atoms with Gasteiger partial charge in [-0.1, -0.05) is 37.5 Å². The van der Waals surface area contributed by atoms with Crippen molar-refractivity contribution in [2.45, 2.75) is 45.1 Å². The number of hydrogen-bond donors (Lipinski definition) is 1. The second-order valence-corrected chi connectivity index (χ2v) is 8.50. The molecule has 5 rings (SSSR count). The summed E-state index contributed by atoms with van der Waals surface area (Å²) in [6.07, 6.45) is 5.92. The number of fused-ring (bicyclic) bond motifs is 1. The van der Waals surface area contributed by atoms with Crippen LogP contribution in [0.5, 0.6) is 11.5 Å². The molecule has 1 heterocycles. The quantitative estimate of drug-likeness (QED) is 0.373. The first-order chi connectivity index (χ1) is 15.6. The molecule has 0 spiro atoms. The molecule has 0 aliphatic heterocycles. The first-order valence-electron chi connectivity index (χ1n) is 11.2. The van der Waals surface area contributed by atoms with Gasteiger partial charge in [0.2, 0.25) is 0 Å². The number of hydrogen-bond acceptors (Lipinski definition) is 3. The van der Waals surface area contributed by atoms with Gasteiger partial charge in [0.25, 0.3) is 0 Å². The molecular formula is C27H26N2O3. The van der Waals surface area contributed by atoms with Gasteiger partial charge in [0.05, 0.1) is 16.6 Å². The van der Waals surface area contributed by atoms with Crippen molar-refractivity contribution < 1.29 is 14.6 Å². The predicted molar refractivity (Wildman–Crippen MR) is 126 cm³/mol. The van der Waals surface area contributed by atoms with Gasteiger partial charge >= 0.3 is 5.97 Å². The molecule has 4 aromatic rings. The highest BCUT2D eigenvalue weighted by molar-refractivity contribution is 5.93. The molecule has 5 heteroatoms. The third kappa shape index (κ3) is 3.86. The van der Waals surface area contributed by atoms with Crippen LogP contribution in [0.1, 0.15) is 54.1 Å². The van der Waals surface area contributed by atoms with E-state index in [0.29, 0.717) is 6.04 Å². The lowest BCUT2D eigenvalue weighted by atomic mass is 9.95. The van der Waals surface area contributed by atoms with E-state index in [-0.39, 0.29) is 5.56 Å². The number of ether oxygens (including phenoxy) is 1. The van der Waals surface area contributed by atoms with Crippen molar-refractivity contribution in [3.63, 3.8) is 0 Å². The molecule has 1 fully saturated rings. The molecule has 162 valence electrons. The Morgan fingerprint density at radius 2 is 1.75 bits per heavy atom. The van der Waals surface area contributed by atoms with Crippen molar-refractivity contribution in [3.05, 3.63) is 77.9 Å². The summed E-state index contributed by atoms with van der Waals surface area (Å²) >= 11 is 0. The van der Waals surface area contributed by atoms with Crippen LogP contribution in [-0.2, 0) is 0 Å². The molecule has 1 aliphatic carbocycles. The zero-order valence-electron chi connectivity index (χ0n) is 18.1. The number of rotatable bonds is 5. The van der Waals surface area contributed by atoms with E-state index in [2.05, 4.69) is 4.57 Å². The Bertz CT molecular complexity index is 1270. The number of aromatic carboxylic acids is 1. The number of carboxylic acids is 1. The van der Waals surface area contributed by atoms with Crippen LogP contribution in [0.2, 0.25) is 0 Å². The van der Waals surface area contributed by atoms with Crippen molar-refractivity contribution in [2.75, 3.05) is 0 Å². The minimum absolute atomic E-state index is 0.263. The lowest BCUT2D eigenvalue weighted by Crippen LogP contribution is -2.14. The van der Waals surface area contributed by atoms with Crippen LogP contribution in [-0.4, -0.2) is 20.6 Å². The normalized spacial score (nSPS) is 14.5. The summed E-state index contributed by atoms with van der Waals surface area (Å²) in [5, 5.41) is 9.41. The first kappa shape index (κ1) is 20.3. The van der Waals surface area contributed by atoms with Crippen LogP contribution in [0.4, 0.5) is 0 Å². The van der Waals surface area contributed by atoms with Crippen LogP contribution in [0.3, 0.4) is 0 Å². The highest BCUT2D eigenvalue weighted by Gasteiger charge is 2.23. The number of carboxylic acid groups (broad SMARTS) is 1. The van der Waals surface area contributed by atoms with Crippen molar-refractivity contribution in [1.29, 1.82) is 0 Å². The maximum Gasteiger partial charge on any atom is 0.335 e. The Kier molecular flexibility index (Phi) is 5.39. The van der Waals surface area contributed by atoms with Crippen LogP contribution in [0.25, 0.3) is 22.4 Å². The summed E-state index contributed by atoms with van der Waals surface area (Å²) in [5.41, 5.74) is 4.08. The fourth-order valence-corrected chi connectivity index (χ4v) is 4.61. The molecule has 0 radical (unpaired) electrons. The molecule has 0 saturated heterocycles. The Hall–Kier alpha value is -3.60. The molecule has 0 amide bonds. The Labute approximate surface area is 187 Å². The molecule has 1 aromatic heterocycles. The topological polar surface area (TPSA) is 64.3 Å². The van der Waals surface area contributed by atoms with E-state index in [4.69, 9.17) is 9.72 Å². The van der Waals surface area contributed by atoms with Crippen LogP contribution >= 0.6 is 0 Å². The van der Waals surface area contributed by atoms with Gasteiger partial charge < -0.3 is 14.4 Å². The largest absolute Gasteiger partial charge is 0.478 e. The maximum absolute atomic E-state index is 11.5. The van der Waals surface area contributed by atoms with Crippen LogP contribution < -0.4 is 4.74 Å². The molecule has 1 aliphatic rings. The van der Waals surface area contributed by atoms with Crippen LogP contribution in [0.15, 0.2) is 66.7 Å². The van der Waals surface area contributed by atoms with Crippen LogP contribution in [0, 0.1) is 6.92 Å². The van der Waals surface area contributed by atoms with Gasteiger partial charge in [-0.05, 0) is 73.9 Å². The average Bonchev–Trinajstić information content (AvgIpc) is 3.20. The molecule has 32 heavy (non-hydrogen) atoms. The van der Waals surface area contributed by atoms with E-state index in [1.165, 1.54) is 19.3 Å². The van der Waals surface area contributed by atoms with Gasteiger partial charge in [-0.3, -0.25) is 0 Å². The minimum atomic E-state index is -0.932. The SMILES string of the molecule is Cc1ccccc1Oc1ccc(-c2nc3cc(C(=O)O)ccc3n2C2CCCCC2)cc1. The van der Waals surface area contributed by atoms with E-state index in [9.17, 15) is 9.90 Å². The molecule has 5 nitrogen and oxygen atoms in total. The lowest BCUT2D eigenvalue weighted by molar-refractivity contribution is 0.0697. The van der Waals surface area contributed by atoms with E-state index in [1.54, 1.807) is 12.1 Å². The van der Waals surface area contributed by atoms with Gasteiger partial charge in [-0.25, -0.2) is 9.78 Å². The number of aromatic nitrogens is 2. The van der Waals surface area contributed by atoms with Gasteiger partial charge in [0.15, 0.2) is 0 Å². The number of imidazole rings is 1. The number of nitrogens with zero attached hydrogens (tertiary/aromatic N) is 2. The third-order valence-electron chi connectivity index (χ3n) is 6.31. The summed E-state index contributed by atoms with van der Waals surface area (Å²) in [6, 6.07) is 21.6. The van der Waals surface area contributed by atoms with E-state index in [0.717, 1.165) is 52.3 Å². The molecular weight excluding hydrogens is 400 g/mol. The Morgan fingerprint density at radius 3 is 2.47 bits per heavy atom. The number of benzene rings is 3. The third-order valence-corrected chi connectivity index (χ3v) is 6.31. The van der Waals surface area contributed by atoms with Gasteiger partial charge in [-0.2, -0.15) is 0 Å². The Morgan fingerprint density at radius 1 is 1.00 bits per heavy atom. The summed E-state index contributed by atoms with van der Waals surface area (Å²) in [4.78, 5) is 16.4. The molecule has 0 unspecified atom stereocenters. The average molecular weight is 427 g/mol. The zero-order valence-corrected chi connectivity index (χ0v) is 18.1.